The Bertz CT molecular complexity index is 1310. The van der Waals surface area contributed by atoms with E-state index in [4.69, 9.17) is 26.8 Å². The minimum atomic E-state index is -3.15. The normalized spacial score (nSPS) is 22.2. The molecular weight excluding hydrogens is 512 g/mol. The number of aromatic nitrogens is 4. The average molecular weight is 530 g/mol. The van der Waals surface area contributed by atoms with Crippen molar-refractivity contribution in [3.05, 3.63) is 47.0 Å². The van der Waals surface area contributed by atoms with Gasteiger partial charge in [-0.2, -0.15) is 9.97 Å². The number of nitrogens with zero attached hydrogens (tertiary/aromatic N) is 4. The van der Waals surface area contributed by atoms with Crippen molar-refractivity contribution in [1.29, 1.82) is 0 Å². The Balaban J connectivity index is 1.60. The number of rotatable bonds is 8. The van der Waals surface area contributed by atoms with Gasteiger partial charge in [0.15, 0.2) is 17.7 Å². The van der Waals surface area contributed by atoms with Gasteiger partial charge in [0.1, 0.15) is 35.5 Å². The molecule has 2 aromatic heterocycles. The van der Waals surface area contributed by atoms with Gasteiger partial charge in [0.2, 0.25) is 5.28 Å². The molecule has 6 N–H and O–H groups in total. The lowest BCUT2D eigenvalue weighted by Gasteiger charge is -2.27. The van der Waals surface area contributed by atoms with E-state index in [9.17, 15) is 38.8 Å². The largest absolute Gasteiger partial charge is 0.479 e. The van der Waals surface area contributed by atoms with E-state index >= 15 is 0 Å². The lowest BCUT2D eigenvalue weighted by atomic mass is 9.93. The SMILES string of the molecule is Nc1nc(Cl)nc2c1ncn2C1OC(COC(Cc2c(F)cccc2F)(C(=O)O)C(=O)O)C(O)C1O. The van der Waals surface area contributed by atoms with Gasteiger partial charge in [0.05, 0.1) is 12.9 Å². The standard InChI is InChI=1S/C20H18ClF2N5O8/c21-19-26-14(24)11-15(27-19)28(6-25-11)16-13(30)12(29)10(36-16)5-35-20(17(31)32,18(33)34)4-7-8(22)2-1-3-9(7)23/h1-3,6,10,12-13,16,29-30H,4-5H2,(H,31,32)(H,33,34)(H2,24,26,27). The smallest absolute Gasteiger partial charge is 0.348 e. The van der Waals surface area contributed by atoms with E-state index in [1.54, 1.807) is 0 Å². The van der Waals surface area contributed by atoms with Gasteiger partial charge >= 0.3 is 11.9 Å². The van der Waals surface area contributed by atoms with Crippen LogP contribution in [0.15, 0.2) is 24.5 Å². The molecule has 0 saturated carbocycles. The molecule has 3 heterocycles. The number of benzene rings is 1. The van der Waals surface area contributed by atoms with Crippen LogP contribution < -0.4 is 5.73 Å². The number of aliphatic hydroxyl groups excluding tert-OH is 2. The fourth-order valence-electron chi connectivity index (χ4n) is 3.79. The van der Waals surface area contributed by atoms with Crippen LogP contribution >= 0.6 is 11.6 Å². The summed E-state index contributed by atoms with van der Waals surface area (Å²) < 4.78 is 40.2. The predicted octanol–water partition coefficient (Wildman–Crippen LogP) is 0.127. The molecule has 1 fully saturated rings. The molecule has 3 aromatic rings. The zero-order chi connectivity index (χ0) is 26.4. The van der Waals surface area contributed by atoms with Crippen molar-refractivity contribution in [1.82, 2.24) is 19.5 Å². The van der Waals surface area contributed by atoms with Crippen LogP contribution in [0, 0.1) is 11.6 Å². The number of carboxylic acids is 2. The molecule has 0 spiro atoms. The summed E-state index contributed by atoms with van der Waals surface area (Å²) in [7, 11) is 0. The molecule has 0 amide bonds. The van der Waals surface area contributed by atoms with Gasteiger partial charge in [-0.3, -0.25) is 4.57 Å². The highest BCUT2D eigenvalue weighted by Gasteiger charge is 2.52. The number of carboxylic acid groups (broad SMARTS) is 2. The van der Waals surface area contributed by atoms with Crippen molar-refractivity contribution in [2.75, 3.05) is 12.3 Å². The summed E-state index contributed by atoms with van der Waals surface area (Å²) in [6.45, 7) is -0.895. The topological polar surface area (TPSA) is 203 Å². The molecule has 4 atom stereocenters. The Kier molecular flexibility index (Phi) is 6.76. The minimum absolute atomic E-state index is 0.0470. The maximum absolute atomic E-state index is 14.1. The number of hydrogen-bond donors (Lipinski definition) is 5. The second kappa shape index (κ2) is 9.51. The second-order valence-electron chi connectivity index (χ2n) is 7.87. The van der Waals surface area contributed by atoms with E-state index in [1.807, 2.05) is 0 Å². The molecule has 0 aliphatic carbocycles. The summed E-state index contributed by atoms with van der Waals surface area (Å²) in [5.41, 5.74) is 1.94. The van der Waals surface area contributed by atoms with Crippen molar-refractivity contribution in [3.8, 4) is 0 Å². The number of carbonyl (C=O) groups is 2. The van der Waals surface area contributed by atoms with Crippen LogP contribution in [-0.4, -0.2) is 82.4 Å². The van der Waals surface area contributed by atoms with Gasteiger partial charge in [0.25, 0.3) is 5.60 Å². The van der Waals surface area contributed by atoms with Crippen LogP contribution in [0.3, 0.4) is 0 Å². The van der Waals surface area contributed by atoms with Gasteiger partial charge in [-0.1, -0.05) is 6.07 Å². The molecule has 0 radical (unpaired) electrons. The Hall–Kier alpha value is -3.50. The fraction of sp³-hybridized carbons (Fsp3) is 0.350. The summed E-state index contributed by atoms with van der Waals surface area (Å²) >= 11 is 5.82. The predicted molar refractivity (Wildman–Crippen MR) is 115 cm³/mol. The number of aliphatic hydroxyl groups is 2. The van der Waals surface area contributed by atoms with Gasteiger partial charge in [-0.25, -0.2) is 23.4 Å². The molecule has 0 bridgehead atoms. The van der Waals surface area contributed by atoms with Crippen LogP contribution in [-0.2, 0) is 25.5 Å². The van der Waals surface area contributed by atoms with Crippen LogP contribution in [0.4, 0.5) is 14.6 Å². The number of imidazole rings is 1. The number of fused-ring (bicyclic) bond motifs is 1. The molecule has 4 unspecified atom stereocenters. The number of halogens is 3. The highest BCUT2D eigenvalue weighted by atomic mass is 35.5. The van der Waals surface area contributed by atoms with Crippen molar-refractivity contribution >= 4 is 40.5 Å². The number of anilines is 1. The molecule has 1 aliphatic heterocycles. The molecule has 36 heavy (non-hydrogen) atoms. The van der Waals surface area contributed by atoms with Crippen molar-refractivity contribution in [3.63, 3.8) is 0 Å². The highest BCUT2D eigenvalue weighted by molar-refractivity contribution is 6.28. The van der Waals surface area contributed by atoms with Gasteiger partial charge < -0.3 is 35.6 Å². The maximum Gasteiger partial charge on any atom is 0.348 e. The Labute approximate surface area is 204 Å². The highest BCUT2D eigenvalue weighted by Crippen LogP contribution is 2.34. The molecule has 13 nitrogen and oxygen atoms in total. The average Bonchev–Trinajstić information content (AvgIpc) is 3.34. The number of ether oxygens (including phenoxy) is 2. The first-order valence-corrected chi connectivity index (χ1v) is 10.5. The third-order valence-electron chi connectivity index (χ3n) is 5.70. The second-order valence-corrected chi connectivity index (χ2v) is 8.21. The molecular formula is C20H18ClF2N5O8. The quantitative estimate of drug-likeness (QED) is 0.195. The number of nitrogen functional groups attached to an aromatic ring is 1. The van der Waals surface area contributed by atoms with Crippen molar-refractivity contribution in [2.24, 2.45) is 0 Å². The Morgan fingerprint density at radius 2 is 1.81 bits per heavy atom. The summed E-state index contributed by atoms with van der Waals surface area (Å²) in [5, 5.41) is 40.1. The molecule has 192 valence electrons. The van der Waals surface area contributed by atoms with Crippen LogP contribution in [0.2, 0.25) is 5.28 Å². The van der Waals surface area contributed by atoms with Crippen LogP contribution in [0.1, 0.15) is 11.8 Å². The summed E-state index contributed by atoms with van der Waals surface area (Å²) in [6, 6.07) is 2.68. The van der Waals surface area contributed by atoms with Crippen LogP contribution in [0.25, 0.3) is 11.2 Å². The number of aliphatic carboxylic acids is 2. The molecule has 16 heteroatoms. The van der Waals surface area contributed by atoms with E-state index in [1.165, 1.54) is 10.9 Å². The number of nitrogens with two attached hydrogens (primary N) is 1. The minimum Gasteiger partial charge on any atom is -0.479 e. The first-order valence-electron chi connectivity index (χ1n) is 10.2. The van der Waals surface area contributed by atoms with E-state index in [0.717, 1.165) is 18.2 Å². The van der Waals surface area contributed by atoms with Gasteiger partial charge in [0, 0.05) is 12.0 Å². The zero-order valence-corrected chi connectivity index (χ0v) is 18.7. The van der Waals surface area contributed by atoms with Crippen molar-refractivity contribution < 1.29 is 48.3 Å². The van der Waals surface area contributed by atoms with E-state index in [2.05, 4.69) is 15.0 Å². The Morgan fingerprint density at radius 1 is 1.17 bits per heavy atom. The zero-order valence-electron chi connectivity index (χ0n) is 18.0. The summed E-state index contributed by atoms with van der Waals surface area (Å²) in [5.74, 6) is -6.52. The molecule has 1 aliphatic rings. The third kappa shape index (κ3) is 4.31. The lowest BCUT2D eigenvalue weighted by Crippen LogP contribution is -2.53. The summed E-state index contributed by atoms with van der Waals surface area (Å²) in [6.07, 6.45) is -6.20. The lowest BCUT2D eigenvalue weighted by molar-refractivity contribution is -0.190. The van der Waals surface area contributed by atoms with E-state index in [-0.39, 0.29) is 22.3 Å². The van der Waals surface area contributed by atoms with Gasteiger partial charge in [-0.05, 0) is 23.7 Å². The van der Waals surface area contributed by atoms with Gasteiger partial charge in [-0.15, -0.1) is 0 Å². The molecule has 4 rings (SSSR count). The van der Waals surface area contributed by atoms with Crippen LogP contribution in [0.5, 0.6) is 0 Å². The summed E-state index contributed by atoms with van der Waals surface area (Å²) in [4.78, 5) is 35.6. The third-order valence-corrected chi connectivity index (χ3v) is 5.87. The fourth-order valence-corrected chi connectivity index (χ4v) is 3.96. The van der Waals surface area contributed by atoms with Crippen molar-refractivity contribution in [2.45, 2.75) is 36.6 Å². The number of hydrogen-bond acceptors (Lipinski definition) is 10. The monoisotopic (exact) mass is 529 g/mol. The molecule has 1 aromatic carbocycles. The Morgan fingerprint density at radius 3 is 2.42 bits per heavy atom. The first kappa shape index (κ1) is 25.6. The van der Waals surface area contributed by atoms with E-state index in [0.29, 0.717) is 0 Å². The molecule has 1 saturated heterocycles. The first-order chi connectivity index (χ1) is 17.0. The van der Waals surface area contributed by atoms with E-state index < -0.39 is 72.3 Å². The maximum atomic E-state index is 14.1.